The predicted molar refractivity (Wildman–Crippen MR) is 103 cm³/mol. The maximum atomic E-state index is 12.9. The van der Waals surface area contributed by atoms with E-state index in [1.165, 1.54) is 0 Å². The number of benzene rings is 1. The third-order valence-corrected chi connectivity index (χ3v) is 5.21. The molecular weight excluding hydrogens is 366 g/mol. The van der Waals surface area contributed by atoms with Gasteiger partial charge in [-0.05, 0) is 18.7 Å². The van der Waals surface area contributed by atoms with E-state index >= 15 is 0 Å². The van der Waals surface area contributed by atoms with Crippen LogP contribution in [0.3, 0.4) is 0 Å². The number of nitrogens with zero attached hydrogens (tertiary/aromatic N) is 4. The van der Waals surface area contributed by atoms with Gasteiger partial charge in [-0.15, -0.1) is 0 Å². The summed E-state index contributed by atoms with van der Waals surface area (Å²) in [7, 11) is 3.59. The van der Waals surface area contributed by atoms with Crippen molar-refractivity contribution in [2.45, 2.75) is 12.5 Å². The summed E-state index contributed by atoms with van der Waals surface area (Å²) in [6, 6.07) is 6.95. The summed E-state index contributed by atoms with van der Waals surface area (Å²) in [6.45, 7) is 2.09. The third-order valence-electron chi connectivity index (χ3n) is 4.84. The molecule has 3 rings (SSSR count). The van der Waals surface area contributed by atoms with Crippen molar-refractivity contribution in [2.24, 2.45) is 7.05 Å². The Morgan fingerprint density at radius 2 is 1.85 bits per heavy atom. The summed E-state index contributed by atoms with van der Waals surface area (Å²) in [6.07, 6.45) is 3.81. The van der Waals surface area contributed by atoms with Crippen molar-refractivity contribution in [3.8, 4) is 0 Å². The highest BCUT2D eigenvalue weighted by Gasteiger charge is 2.29. The summed E-state index contributed by atoms with van der Waals surface area (Å²) < 4.78 is 1.68. The number of hydrogen-bond donors (Lipinski definition) is 1. The highest BCUT2D eigenvalue weighted by atomic mass is 35.5. The van der Waals surface area contributed by atoms with E-state index in [4.69, 9.17) is 11.6 Å². The van der Waals surface area contributed by atoms with Crippen molar-refractivity contribution >= 4 is 23.4 Å². The molecule has 0 radical (unpaired) electrons. The van der Waals surface area contributed by atoms with E-state index in [2.05, 4.69) is 10.4 Å². The smallest absolute Gasteiger partial charge is 0.244 e. The molecule has 7 nitrogen and oxygen atoms in total. The summed E-state index contributed by atoms with van der Waals surface area (Å²) in [4.78, 5) is 29.0. The Balaban J connectivity index is 1.57. The number of likely N-dealkylation sites (N-methyl/N-ethyl adjacent to an activating group) is 1. The van der Waals surface area contributed by atoms with Gasteiger partial charge in [-0.2, -0.15) is 5.10 Å². The number of carbonyl (C=O) groups excluding carboxylic acids is 2. The second kappa shape index (κ2) is 8.54. The van der Waals surface area contributed by atoms with Gasteiger partial charge in [0.25, 0.3) is 0 Å². The molecule has 8 heteroatoms. The molecule has 1 atom stereocenters. The molecule has 0 aliphatic carbocycles. The van der Waals surface area contributed by atoms with E-state index in [9.17, 15) is 9.59 Å². The van der Waals surface area contributed by atoms with Gasteiger partial charge in [0.05, 0.1) is 12.6 Å². The van der Waals surface area contributed by atoms with Gasteiger partial charge in [0.1, 0.15) is 6.04 Å². The molecule has 144 valence electrons. The van der Waals surface area contributed by atoms with Crippen LogP contribution in [0.4, 0.5) is 0 Å². The first-order valence-electron chi connectivity index (χ1n) is 8.95. The van der Waals surface area contributed by atoms with Gasteiger partial charge in [-0.3, -0.25) is 14.3 Å². The molecule has 2 heterocycles. The molecule has 1 fully saturated rings. The SMILES string of the molecule is CNC(C(=O)N1CCN(C(=O)Cc2ccccc2Cl)CC1)c1cnn(C)c1. The molecule has 1 aromatic carbocycles. The summed E-state index contributed by atoms with van der Waals surface area (Å²) in [5.41, 5.74) is 1.66. The Morgan fingerprint density at radius 3 is 2.44 bits per heavy atom. The number of nitrogens with one attached hydrogen (secondary N) is 1. The Hall–Kier alpha value is -2.38. The van der Waals surface area contributed by atoms with Gasteiger partial charge in [-0.1, -0.05) is 29.8 Å². The lowest BCUT2D eigenvalue weighted by Gasteiger charge is -2.36. The molecule has 1 aliphatic heterocycles. The Bertz CT molecular complexity index is 814. The van der Waals surface area contributed by atoms with E-state index in [-0.39, 0.29) is 18.2 Å². The highest BCUT2D eigenvalue weighted by molar-refractivity contribution is 6.31. The van der Waals surface area contributed by atoms with E-state index in [0.717, 1.165) is 11.1 Å². The van der Waals surface area contributed by atoms with Crippen LogP contribution in [0, 0.1) is 0 Å². The Labute approximate surface area is 163 Å². The van der Waals surface area contributed by atoms with Crippen LogP contribution in [0.5, 0.6) is 0 Å². The predicted octanol–water partition coefficient (Wildman–Crippen LogP) is 1.25. The summed E-state index contributed by atoms with van der Waals surface area (Å²) >= 11 is 6.15. The number of rotatable bonds is 5. The summed E-state index contributed by atoms with van der Waals surface area (Å²) in [5, 5.41) is 7.80. The fourth-order valence-corrected chi connectivity index (χ4v) is 3.50. The number of amides is 2. The highest BCUT2D eigenvalue weighted by Crippen LogP contribution is 2.18. The van der Waals surface area contributed by atoms with Gasteiger partial charge in [0.15, 0.2) is 0 Å². The van der Waals surface area contributed by atoms with E-state index < -0.39 is 6.04 Å². The standard InChI is InChI=1S/C19H24ClN5O2/c1-21-18(15-12-22-23(2)13-15)19(27)25-9-7-24(8-10-25)17(26)11-14-5-3-4-6-16(14)20/h3-6,12-13,18,21H,7-11H2,1-2H3. The van der Waals surface area contributed by atoms with Gasteiger partial charge in [0.2, 0.25) is 11.8 Å². The molecule has 0 bridgehead atoms. The monoisotopic (exact) mass is 389 g/mol. The zero-order valence-electron chi connectivity index (χ0n) is 15.6. The van der Waals surface area contributed by atoms with Gasteiger partial charge in [0, 0.05) is 50.0 Å². The molecule has 0 spiro atoms. The normalized spacial score (nSPS) is 15.7. The fourth-order valence-electron chi connectivity index (χ4n) is 3.30. The van der Waals surface area contributed by atoms with Crippen molar-refractivity contribution in [1.82, 2.24) is 24.9 Å². The first kappa shape index (κ1) is 19.4. The molecular formula is C19H24ClN5O2. The zero-order chi connectivity index (χ0) is 19.4. The topological polar surface area (TPSA) is 70.5 Å². The number of halogens is 1. The molecule has 2 amide bonds. The molecule has 2 aromatic rings. The minimum atomic E-state index is -0.427. The van der Waals surface area contributed by atoms with Crippen LogP contribution >= 0.6 is 11.6 Å². The van der Waals surface area contributed by atoms with Crippen LogP contribution in [0.1, 0.15) is 17.2 Å². The average molecular weight is 390 g/mol. The molecule has 1 aromatic heterocycles. The molecule has 1 saturated heterocycles. The van der Waals surface area contributed by atoms with Gasteiger partial charge < -0.3 is 15.1 Å². The third kappa shape index (κ3) is 4.48. The van der Waals surface area contributed by atoms with Crippen LogP contribution in [-0.2, 0) is 23.1 Å². The van der Waals surface area contributed by atoms with Crippen LogP contribution in [0.25, 0.3) is 0 Å². The van der Waals surface area contributed by atoms with Crippen LogP contribution in [0.2, 0.25) is 5.02 Å². The fraction of sp³-hybridized carbons (Fsp3) is 0.421. The van der Waals surface area contributed by atoms with E-state index in [1.54, 1.807) is 33.8 Å². The first-order valence-corrected chi connectivity index (χ1v) is 9.33. The largest absolute Gasteiger partial charge is 0.339 e. The van der Waals surface area contributed by atoms with Gasteiger partial charge in [-0.25, -0.2) is 0 Å². The molecule has 1 unspecified atom stereocenters. The Kier molecular flexibility index (Phi) is 6.13. The molecule has 1 aliphatic rings. The zero-order valence-corrected chi connectivity index (χ0v) is 16.3. The first-order chi connectivity index (χ1) is 13.0. The van der Waals surface area contributed by atoms with Crippen molar-refractivity contribution in [3.63, 3.8) is 0 Å². The van der Waals surface area contributed by atoms with Crippen LogP contribution < -0.4 is 5.32 Å². The maximum absolute atomic E-state index is 12.9. The molecule has 0 saturated carbocycles. The number of aryl methyl sites for hydroxylation is 1. The van der Waals surface area contributed by atoms with Crippen molar-refractivity contribution in [1.29, 1.82) is 0 Å². The second-order valence-corrected chi connectivity index (χ2v) is 7.05. The molecule has 1 N–H and O–H groups in total. The quantitative estimate of drug-likeness (QED) is 0.835. The van der Waals surface area contributed by atoms with Crippen LogP contribution in [-0.4, -0.2) is 64.6 Å². The van der Waals surface area contributed by atoms with E-state index in [1.807, 2.05) is 31.4 Å². The summed E-state index contributed by atoms with van der Waals surface area (Å²) in [5.74, 6) is 0.0383. The second-order valence-electron chi connectivity index (χ2n) is 6.64. The lowest BCUT2D eigenvalue weighted by atomic mass is 10.1. The van der Waals surface area contributed by atoms with Crippen molar-refractivity contribution < 1.29 is 9.59 Å². The van der Waals surface area contributed by atoms with Crippen LogP contribution in [0.15, 0.2) is 36.7 Å². The molecule has 27 heavy (non-hydrogen) atoms. The maximum Gasteiger partial charge on any atom is 0.244 e. The number of piperazine rings is 1. The number of aromatic nitrogens is 2. The van der Waals surface area contributed by atoms with Gasteiger partial charge >= 0.3 is 0 Å². The number of carbonyl (C=O) groups is 2. The average Bonchev–Trinajstić information content (AvgIpc) is 3.10. The lowest BCUT2D eigenvalue weighted by Crippen LogP contribution is -2.53. The Morgan fingerprint density at radius 1 is 1.19 bits per heavy atom. The van der Waals surface area contributed by atoms with Crippen molar-refractivity contribution in [3.05, 3.63) is 52.8 Å². The van der Waals surface area contributed by atoms with Crippen molar-refractivity contribution in [2.75, 3.05) is 33.2 Å². The minimum Gasteiger partial charge on any atom is -0.339 e. The van der Waals surface area contributed by atoms with E-state index in [0.29, 0.717) is 31.2 Å². The lowest BCUT2D eigenvalue weighted by molar-refractivity contribution is -0.140. The number of hydrogen-bond acceptors (Lipinski definition) is 4. The minimum absolute atomic E-state index is 0.00343.